The van der Waals surface area contributed by atoms with Crippen LogP contribution in [0.5, 0.6) is 0 Å². The predicted octanol–water partition coefficient (Wildman–Crippen LogP) is 1.60. The van der Waals surface area contributed by atoms with Crippen molar-refractivity contribution in [1.82, 2.24) is 4.90 Å². The standard InChI is InChI=1S/C12H17N3O3/c1-2-7-15(8-11(16)17)12(18)14-10-6-4-3-5-9(10)13/h3-6H,2,7-8,13H2,1H3,(H,14,18)(H,16,17). The lowest BCUT2D eigenvalue weighted by atomic mass is 10.3. The number of para-hydroxylation sites is 2. The van der Waals surface area contributed by atoms with Gasteiger partial charge in [0.2, 0.25) is 0 Å². The van der Waals surface area contributed by atoms with E-state index in [0.717, 1.165) is 0 Å². The first kappa shape index (κ1) is 13.8. The fourth-order valence-corrected chi connectivity index (χ4v) is 1.49. The van der Waals surface area contributed by atoms with Crippen molar-refractivity contribution in [3.05, 3.63) is 24.3 Å². The van der Waals surface area contributed by atoms with Crippen molar-refractivity contribution in [3.63, 3.8) is 0 Å². The van der Waals surface area contributed by atoms with Crippen LogP contribution in [-0.2, 0) is 4.79 Å². The molecule has 0 saturated carbocycles. The number of amides is 2. The number of carbonyl (C=O) groups is 2. The smallest absolute Gasteiger partial charge is 0.323 e. The fourth-order valence-electron chi connectivity index (χ4n) is 1.49. The van der Waals surface area contributed by atoms with Crippen LogP contribution in [0.1, 0.15) is 13.3 Å². The number of nitrogens with zero attached hydrogens (tertiary/aromatic N) is 1. The highest BCUT2D eigenvalue weighted by atomic mass is 16.4. The van der Waals surface area contributed by atoms with E-state index in [1.165, 1.54) is 4.90 Å². The number of aliphatic carboxylic acids is 1. The third kappa shape index (κ3) is 3.97. The highest BCUT2D eigenvalue weighted by Crippen LogP contribution is 2.17. The first-order valence-corrected chi connectivity index (χ1v) is 5.66. The number of benzene rings is 1. The minimum Gasteiger partial charge on any atom is -0.480 e. The van der Waals surface area contributed by atoms with Gasteiger partial charge in [-0.2, -0.15) is 0 Å². The first-order chi connectivity index (χ1) is 8.54. The van der Waals surface area contributed by atoms with E-state index in [-0.39, 0.29) is 6.54 Å². The van der Waals surface area contributed by atoms with Gasteiger partial charge in [0.15, 0.2) is 0 Å². The van der Waals surface area contributed by atoms with E-state index >= 15 is 0 Å². The molecule has 0 atom stereocenters. The number of carboxylic acid groups (broad SMARTS) is 1. The number of nitrogens with one attached hydrogen (secondary N) is 1. The Morgan fingerprint density at radius 3 is 2.61 bits per heavy atom. The molecule has 0 fully saturated rings. The normalized spacial score (nSPS) is 9.83. The molecule has 1 aromatic rings. The molecule has 2 amide bonds. The Morgan fingerprint density at radius 2 is 2.06 bits per heavy atom. The van der Waals surface area contributed by atoms with E-state index in [2.05, 4.69) is 5.32 Å². The van der Waals surface area contributed by atoms with E-state index < -0.39 is 12.0 Å². The van der Waals surface area contributed by atoms with Gasteiger partial charge in [-0.3, -0.25) is 4.79 Å². The quantitative estimate of drug-likeness (QED) is 0.692. The van der Waals surface area contributed by atoms with Crippen LogP contribution in [0.4, 0.5) is 16.2 Å². The van der Waals surface area contributed by atoms with Gasteiger partial charge in [0, 0.05) is 6.54 Å². The van der Waals surface area contributed by atoms with E-state index in [1.807, 2.05) is 6.92 Å². The van der Waals surface area contributed by atoms with Gasteiger partial charge in [0.05, 0.1) is 11.4 Å². The SMILES string of the molecule is CCCN(CC(=O)O)C(=O)Nc1ccccc1N. The second kappa shape index (κ2) is 6.48. The molecule has 0 aliphatic rings. The molecular weight excluding hydrogens is 234 g/mol. The Morgan fingerprint density at radius 1 is 1.39 bits per heavy atom. The third-order valence-electron chi connectivity index (χ3n) is 2.31. The first-order valence-electron chi connectivity index (χ1n) is 5.66. The molecular formula is C12H17N3O3. The van der Waals surface area contributed by atoms with Crippen molar-refractivity contribution in [2.75, 3.05) is 24.1 Å². The molecule has 1 rings (SSSR count). The summed E-state index contributed by atoms with van der Waals surface area (Å²) in [5.74, 6) is -1.04. The van der Waals surface area contributed by atoms with Crippen LogP contribution < -0.4 is 11.1 Å². The van der Waals surface area contributed by atoms with E-state index in [4.69, 9.17) is 10.8 Å². The Balaban J connectivity index is 2.72. The monoisotopic (exact) mass is 251 g/mol. The lowest BCUT2D eigenvalue weighted by molar-refractivity contribution is -0.137. The zero-order chi connectivity index (χ0) is 13.5. The van der Waals surface area contributed by atoms with Crippen LogP contribution in [0, 0.1) is 0 Å². The summed E-state index contributed by atoms with van der Waals surface area (Å²) in [6.07, 6.45) is 0.685. The van der Waals surface area contributed by atoms with Crippen LogP contribution in [-0.4, -0.2) is 35.1 Å². The zero-order valence-corrected chi connectivity index (χ0v) is 10.2. The van der Waals surface area contributed by atoms with E-state index in [9.17, 15) is 9.59 Å². The van der Waals surface area contributed by atoms with Crippen molar-refractivity contribution in [3.8, 4) is 0 Å². The largest absolute Gasteiger partial charge is 0.480 e. The van der Waals surface area contributed by atoms with Gasteiger partial charge in [0.25, 0.3) is 0 Å². The summed E-state index contributed by atoms with van der Waals surface area (Å²) < 4.78 is 0. The molecule has 0 radical (unpaired) electrons. The zero-order valence-electron chi connectivity index (χ0n) is 10.2. The topological polar surface area (TPSA) is 95.7 Å². The van der Waals surface area contributed by atoms with Crippen molar-refractivity contribution < 1.29 is 14.7 Å². The highest BCUT2D eigenvalue weighted by molar-refractivity contribution is 5.94. The van der Waals surface area contributed by atoms with E-state index in [1.54, 1.807) is 24.3 Å². The highest BCUT2D eigenvalue weighted by Gasteiger charge is 2.16. The third-order valence-corrected chi connectivity index (χ3v) is 2.31. The maximum Gasteiger partial charge on any atom is 0.323 e. The minimum atomic E-state index is -1.04. The predicted molar refractivity (Wildman–Crippen MR) is 69.4 cm³/mol. The molecule has 4 N–H and O–H groups in total. The molecule has 0 aliphatic heterocycles. The molecule has 98 valence electrons. The summed E-state index contributed by atoms with van der Waals surface area (Å²) >= 11 is 0. The molecule has 0 unspecified atom stereocenters. The van der Waals surface area contributed by atoms with E-state index in [0.29, 0.717) is 24.3 Å². The Kier molecular flexibility index (Phi) is 4.98. The van der Waals surface area contributed by atoms with Gasteiger partial charge < -0.3 is 21.1 Å². The molecule has 1 aromatic carbocycles. The van der Waals surface area contributed by atoms with Crippen LogP contribution in [0.2, 0.25) is 0 Å². The average molecular weight is 251 g/mol. The summed E-state index contributed by atoms with van der Waals surface area (Å²) in [5, 5.41) is 11.3. The van der Waals surface area contributed by atoms with Crippen molar-refractivity contribution in [1.29, 1.82) is 0 Å². The summed E-state index contributed by atoms with van der Waals surface area (Å²) in [4.78, 5) is 23.8. The van der Waals surface area contributed by atoms with Gasteiger partial charge >= 0.3 is 12.0 Å². The molecule has 0 bridgehead atoms. The van der Waals surface area contributed by atoms with Gasteiger partial charge in [-0.05, 0) is 18.6 Å². The fraction of sp³-hybridized carbons (Fsp3) is 0.333. The summed E-state index contributed by atoms with van der Waals surface area (Å²) in [7, 11) is 0. The number of carboxylic acids is 1. The second-order valence-corrected chi connectivity index (χ2v) is 3.83. The number of anilines is 2. The number of urea groups is 1. The Hall–Kier alpha value is -2.24. The maximum atomic E-state index is 11.9. The van der Waals surface area contributed by atoms with Crippen molar-refractivity contribution in [2.24, 2.45) is 0 Å². The Bertz CT molecular complexity index is 434. The minimum absolute atomic E-state index is 0.327. The molecule has 6 nitrogen and oxygen atoms in total. The number of hydrogen-bond acceptors (Lipinski definition) is 3. The van der Waals surface area contributed by atoms with Crippen LogP contribution >= 0.6 is 0 Å². The van der Waals surface area contributed by atoms with Crippen molar-refractivity contribution >= 4 is 23.4 Å². The van der Waals surface area contributed by atoms with Gasteiger partial charge in [-0.1, -0.05) is 19.1 Å². The van der Waals surface area contributed by atoms with Crippen LogP contribution in [0.15, 0.2) is 24.3 Å². The Labute approximate surface area is 105 Å². The molecule has 0 aromatic heterocycles. The van der Waals surface area contributed by atoms with Gasteiger partial charge in [0.1, 0.15) is 6.54 Å². The van der Waals surface area contributed by atoms with Crippen molar-refractivity contribution in [2.45, 2.75) is 13.3 Å². The lowest BCUT2D eigenvalue weighted by Crippen LogP contribution is -2.39. The molecule has 0 heterocycles. The van der Waals surface area contributed by atoms with Gasteiger partial charge in [-0.25, -0.2) is 4.79 Å². The molecule has 0 spiro atoms. The lowest BCUT2D eigenvalue weighted by Gasteiger charge is -2.20. The molecule has 18 heavy (non-hydrogen) atoms. The van der Waals surface area contributed by atoms with Crippen LogP contribution in [0.3, 0.4) is 0 Å². The number of rotatable bonds is 5. The maximum absolute atomic E-state index is 11.9. The summed E-state index contributed by atoms with van der Waals surface area (Å²) in [6, 6.07) is 6.37. The number of nitrogen functional groups attached to an aromatic ring is 1. The number of hydrogen-bond donors (Lipinski definition) is 3. The van der Waals surface area contributed by atoms with Crippen LogP contribution in [0.25, 0.3) is 0 Å². The number of carbonyl (C=O) groups excluding carboxylic acids is 1. The second-order valence-electron chi connectivity index (χ2n) is 3.83. The molecule has 0 saturated heterocycles. The molecule has 6 heteroatoms. The summed E-state index contributed by atoms with van der Waals surface area (Å²) in [6.45, 7) is 1.93. The van der Waals surface area contributed by atoms with Gasteiger partial charge in [-0.15, -0.1) is 0 Å². The average Bonchev–Trinajstić information content (AvgIpc) is 2.31. The summed E-state index contributed by atoms with van der Waals surface area (Å²) in [5.41, 5.74) is 6.62. The molecule has 0 aliphatic carbocycles. The number of nitrogens with two attached hydrogens (primary N) is 1.